The lowest BCUT2D eigenvalue weighted by Crippen LogP contribution is -2.46. The Morgan fingerprint density at radius 3 is 2.43 bits per heavy atom. The van der Waals surface area contributed by atoms with Crippen LogP contribution in [0, 0.1) is 18.2 Å². The minimum absolute atomic E-state index is 0.126. The zero-order valence-corrected chi connectivity index (χ0v) is 28.6. The van der Waals surface area contributed by atoms with Crippen molar-refractivity contribution >= 4 is 14.0 Å². The average molecular weight is 627 g/mol. The number of ether oxygens (including phenoxy) is 4. The third-order valence-corrected chi connectivity index (χ3v) is 9.14. The molecule has 0 amide bonds. The Bertz CT molecular complexity index is 1460. The Morgan fingerprint density at radius 1 is 1.14 bits per heavy atom. The topological polar surface area (TPSA) is 97.6 Å². The lowest BCUT2D eigenvalue weighted by Gasteiger charge is -2.40. The highest BCUT2D eigenvalue weighted by molar-refractivity contribution is 6.76. The number of aryl methyl sites for hydroxylation is 1. The van der Waals surface area contributed by atoms with E-state index in [2.05, 4.69) is 34.7 Å². The van der Waals surface area contributed by atoms with Crippen molar-refractivity contribution in [2.45, 2.75) is 105 Å². The second kappa shape index (κ2) is 13.4. The zero-order chi connectivity index (χ0) is 32.3. The quantitative estimate of drug-likeness (QED) is 0.110. The molecule has 0 aliphatic heterocycles. The van der Waals surface area contributed by atoms with E-state index in [0.717, 1.165) is 36.4 Å². The van der Waals surface area contributed by atoms with Crippen LogP contribution in [-0.2, 0) is 21.0 Å². The van der Waals surface area contributed by atoms with Gasteiger partial charge in [-0.05, 0) is 83.7 Å². The van der Waals surface area contributed by atoms with Crippen molar-refractivity contribution in [2.75, 3.05) is 13.2 Å². The molecule has 0 N–H and O–H groups in total. The summed E-state index contributed by atoms with van der Waals surface area (Å²) in [5.74, 6) is -0.0407. The lowest BCUT2D eigenvalue weighted by molar-refractivity contribution is -0.176. The third-order valence-electron chi connectivity index (χ3n) is 7.43. The second-order valence-corrected chi connectivity index (χ2v) is 19.8. The largest absolute Gasteiger partial charge is 0.476 e. The molecule has 1 aromatic carbocycles. The predicted molar refractivity (Wildman–Crippen MR) is 171 cm³/mol. The van der Waals surface area contributed by atoms with Gasteiger partial charge in [0.25, 0.3) is 0 Å². The Hall–Kier alpha value is -3.31. The molecule has 44 heavy (non-hydrogen) atoms. The van der Waals surface area contributed by atoms with Crippen LogP contribution in [0.4, 0.5) is 4.39 Å². The lowest BCUT2D eigenvalue weighted by atomic mass is 9.69. The highest BCUT2D eigenvalue weighted by Gasteiger charge is 2.47. The fraction of sp³-hybridized carbons (Fsp3) is 0.576. The Morgan fingerprint density at radius 2 is 1.86 bits per heavy atom. The monoisotopic (exact) mass is 626 g/mol. The van der Waals surface area contributed by atoms with Crippen molar-refractivity contribution in [3.05, 3.63) is 41.8 Å². The fourth-order valence-corrected chi connectivity index (χ4v) is 5.49. The van der Waals surface area contributed by atoms with E-state index in [4.69, 9.17) is 18.9 Å². The predicted octanol–water partition coefficient (Wildman–Crippen LogP) is 7.44. The summed E-state index contributed by atoms with van der Waals surface area (Å²) in [5.41, 5.74) is 1.38. The molecule has 0 unspecified atom stereocenters. The summed E-state index contributed by atoms with van der Waals surface area (Å²) in [6.45, 7) is 19.2. The highest BCUT2D eigenvalue weighted by Crippen LogP contribution is 2.43. The molecule has 1 aliphatic carbocycles. The van der Waals surface area contributed by atoms with Crippen LogP contribution in [0.1, 0.15) is 59.4 Å². The van der Waals surface area contributed by atoms with Gasteiger partial charge < -0.3 is 18.9 Å². The number of hydrogen-bond acceptors (Lipinski definition) is 8. The van der Waals surface area contributed by atoms with Crippen LogP contribution in [0.25, 0.3) is 22.5 Å². The summed E-state index contributed by atoms with van der Waals surface area (Å²) in [6.07, 6.45) is 3.96. The molecular weight excluding hydrogens is 579 g/mol. The Balaban J connectivity index is 1.47. The van der Waals surface area contributed by atoms with E-state index in [1.165, 1.54) is 10.7 Å². The van der Waals surface area contributed by atoms with Crippen LogP contribution in [0.2, 0.25) is 25.7 Å². The number of carbonyl (C=O) groups is 1. The summed E-state index contributed by atoms with van der Waals surface area (Å²) in [7, 11) is -1.23. The molecule has 0 bridgehead atoms. The van der Waals surface area contributed by atoms with Crippen molar-refractivity contribution < 1.29 is 28.1 Å². The smallest absolute Gasteiger partial charge is 0.317 e. The maximum Gasteiger partial charge on any atom is 0.317 e. The van der Waals surface area contributed by atoms with Gasteiger partial charge in [-0.25, -0.2) is 9.37 Å². The molecule has 1 aliphatic rings. The first-order valence-corrected chi connectivity index (χ1v) is 19.1. The number of esters is 1. The summed E-state index contributed by atoms with van der Waals surface area (Å²) in [5, 5.41) is 4.51. The van der Waals surface area contributed by atoms with Gasteiger partial charge in [0.15, 0.2) is 5.82 Å². The van der Waals surface area contributed by atoms with Crippen LogP contribution in [0.5, 0.6) is 11.9 Å². The van der Waals surface area contributed by atoms with Crippen LogP contribution in [0.3, 0.4) is 0 Å². The molecule has 0 radical (unpaired) electrons. The molecule has 4 rings (SSSR count). The molecule has 3 aromatic rings. The SMILES string of the molecule is Cc1cc(OCC2(C(=O)OC(C)(C)C)CCC2)ncc1-c1ccc(-c2nc(OC(C)C)n(COCC[Si](C)(C)C)n2)c(F)c1. The van der Waals surface area contributed by atoms with Crippen molar-refractivity contribution in [3.8, 4) is 34.4 Å². The first-order valence-electron chi connectivity index (χ1n) is 15.4. The average Bonchev–Trinajstić information content (AvgIpc) is 3.25. The Labute approximate surface area is 261 Å². The maximum absolute atomic E-state index is 15.5. The van der Waals surface area contributed by atoms with Gasteiger partial charge in [-0.3, -0.25) is 4.79 Å². The molecule has 1 fully saturated rings. The summed E-state index contributed by atoms with van der Waals surface area (Å²) in [6, 6.07) is 8.07. The number of hydrogen-bond donors (Lipinski definition) is 0. The van der Waals surface area contributed by atoms with Crippen molar-refractivity contribution in [2.24, 2.45) is 5.41 Å². The second-order valence-electron chi connectivity index (χ2n) is 14.2. The molecule has 0 spiro atoms. The van der Waals surface area contributed by atoms with Gasteiger partial charge in [0.2, 0.25) is 5.88 Å². The first-order chi connectivity index (χ1) is 20.6. The van der Waals surface area contributed by atoms with Gasteiger partial charge in [0.05, 0.1) is 11.7 Å². The normalized spacial score (nSPS) is 14.8. The number of benzene rings is 1. The molecule has 2 heterocycles. The fourth-order valence-electron chi connectivity index (χ4n) is 4.74. The van der Waals surface area contributed by atoms with Crippen LogP contribution < -0.4 is 9.47 Å². The van der Waals surface area contributed by atoms with Crippen molar-refractivity contribution in [1.29, 1.82) is 0 Å². The van der Waals surface area contributed by atoms with Crippen molar-refractivity contribution in [1.82, 2.24) is 19.7 Å². The molecule has 9 nitrogen and oxygen atoms in total. The minimum Gasteiger partial charge on any atom is -0.476 e. The Kier molecular flexibility index (Phi) is 10.2. The van der Waals surface area contributed by atoms with Gasteiger partial charge in [-0.2, -0.15) is 9.67 Å². The van der Waals surface area contributed by atoms with E-state index in [1.807, 2.05) is 53.7 Å². The number of halogens is 1. The third kappa shape index (κ3) is 8.65. The minimum atomic E-state index is -1.23. The van der Waals surface area contributed by atoms with Gasteiger partial charge in [-0.15, -0.1) is 5.10 Å². The molecule has 0 saturated heterocycles. The van der Waals surface area contributed by atoms with E-state index in [9.17, 15) is 4.79 Å². The summed E-state index contributed by atoms with van der Waals surface area (Å²) >= 11 is 0. The molecule has 11 heteroatoms. The number of pyridine rings is 1. The highest BCUT2D eigenvalue weighted by atomic mass is 28.3. The van der Waals surface area contributed by atoms with Crippen LogP contribution in [-0.4, -0.2) is 58.7 Å². The van der Waals surface area contributed by atoms with E-state index in [0.29, 0.717) is 18.1 Å². The molecule has 240 valence electrons. The number of nitrogens with zero attached hydrogens (tertiary/aromatic N) is 4. The number of aromatic nitrogens is 4. The van der Waals surface area contributed by atoms with E-state index in [-0.39, 0.29) is 42.8 Å². The first kappa shape index (κ1) is 33.6. The van der Waals surface area contributed by atoms with Gasteiger partial charge in [-0.1, -0.05) is 32.1 Å². The molecule has 2 aromatic heterocycles. The van der Waals surface area contributed by atoms with Crippen LogP contribution in [0.15, 0.2) is 30.5 Å². The number of rotatable bonds is 13. The summed E-state index contributed by atoms with van der Waals surface area (Å²) in [4.78, 5) is 21.8. The molecular formula is C33H47FN4O5Si. The number of carbonyl (C=O) groups excluding carboxylic acids is 1. The standard InChI is InChI=1S/C33H47FN4O5Si/c1-22(2)42-31-36-29(37-38(31)21-40-15-16-44(7,8)9)25-12-11-24(18-27(25)34)26-19-35-28(17-23(26)3)41-20-33(13-10-14-33)30(39)43-32(4,5)6/h11-12,17-19,22H,10,13-16,20-21H2,1-9H3. The molecule has 0 atom stereocenters. The van der Waals surface area contributed by atoms with Crippen molar-refractivity contribution in [3.63, 3.8) is 0 Å². The van der Waals surface area contributed by atoms with Gasteiger partial charge in [0, 0.05) is 32.5 Å². The van der Waals surface area contributed by atoms with Gasteiger partial charge in [0.1, 0.15) is 30.2 Å². The van der Waals surface area contributed by atoms with Gasteiger partial charge >= 0.3 is 12.0 Å². The van der Waals surface area contributed by atoms with E-state index in [1.54, 1.807) is 12.3 Å². The molecule has 1 saturated carbocycles. The van der Waals surface area contributed by atoms with E-state index >= 15 is 4.39 Å². The zero-order valence-electron chi connectivity index (χ0n) is 27.6. The van der Waals surface area contributed by atoms with Crippen LogP contribution >= 0.6 is 0 Å². The van der Waals surface area contributed by atoms with E-state index < -0.39 is 24.9 Å². The maximum atomic E-state index is 15.5. The summed E-state index contributed by atoms with van der Waals surface area (Å²) < 4.78 is 40.4.